The predicted octanol–water partition coefficient (Wildman–Crippen LogP) is 8.60. The fourth-order valence-corrected chi connectivity index (χ4v) is 6.33. The Morgan fingerprint density at radius 3 is 2.59 bits per heavy atom. The van der Waals surface area contributed by atoms with Crippen molar-refractivity contribution in [3.63, 3.8) is 0 Å². The summed E-state index contributed by atoms with van der Waals surface area (Å²) in [6, 6.07) is 20.0. The molecule has 2 heteroatoms. The van der Waals surface area contributed by atoms with E-state index in [1.165, 1.54) is 43.5 Å². The lowest BCUT2D eigenvalue weighted by atomic mass is 9.68. The van der Waals surface area contributed by atoms with Gasteiger partial charge in [0.05, 0.1) is 0 Å². The van der Waals surface area contributed by atoms with Gasteiger partial charge < -0.3 is 4.42 Å². The number of furan rings is 1. The first-order valence-electron chi connectivity index (χ1n) is 11.4. The van der Waals surface area contributed by atoms with Crippen LogP contribution in [-0.2, 0) is 5.41 Å². The molecule has 0 fully saturated rings. The van der Waals surface area contributed by atoms with Gasteiger partial charge in [-0.2, -0.15) is 0 Å². The molecule has 32 heavy (non-hydrogen) atoms. The van der Waals surface area contributed by atoms with E-state index in [0.717, 1.165) is 29.8 Å². The standard InChI is InChI=1S/C30H26OS/c1-20-15-16-23-25-19-26(29-24(14-9-17-32-29)28(25)31-27(23)18-20)30(2,21-10-5-3-6-11-21)22-12-7-4-8-13-22/h3,5-7,9-16,18-19H,4,8,17H2,1-2H3. The molecule has 1 atom stereocenters. The molecule has 6 rings (SSSR count). The van der Waals surface area contributed by atoms with Crippen molar-refractivity contribution < 1.29 is 4.42 Å². The first kappa shape index (κ1) is 19.7. The summed E-state index contributed by atoms with van der Waals surface area (Å²) in [4.78, 5) is 1.35. The van der Waals surface area contributed by atoms with Crippen molar-refractivity contribution in [1.82, 2.24) is 0 Å². The Kier molecular flexibility index (Phi) is 4.66. The predicted molar refractivity (Wildman–Crippen MR) is 138 cm³/mol. The third-order valence-electron chi connectivity index (χ3n) is 6.98. The average Bonchev–Trinajstić information content (AvgIpc) is 3.22. The molecular weight excluding hydrogens is 408 g/mol. The van der Waals surface area contributed by atoms with Crippen LogP contribution in [0.4, 0.5) is 0 Å². The highest BCUT2D eigenvalue weighted by atomic mass is 32.2. The molecule has 4 aromatic rings. The number of hydrogen-bond donors (Lipinski definition) is 0. The van der Waals surface area contributed by atoms with E-state index in [0.29, 0.717) is 0 Å². The van der Waals surface area contributed by atoms with Crippen LogP contribution in [0.5, 0.6) is 0 Å². The Hall–Kier alpha value is -2.97. The largest absolute Gasteiger partial charge is 0.455 e. The SMILES string of the molecule is Cc1ccc2c(c1)oc1c3c(c(C(C)(C4=CCCC=C4)c4ccccc4)cc12)SCC=C3. The van der Waals surface area contributed by atoms with Crippen LogP contribution in [0.3, 0.4) is 0 Å². The highest BCUT2D eigenvalue weighted by Crippen LogP contribution is 2.50. The summed E-state index contributed by atoms with van der Waals surface area (Å²) in [5.41, 5.74) is 8.29. The lowest BCUT2D eigenvalue weighted by Crippen LogP contribution is -2.27. The monoisotopic (exact) mass is 434 g/mol. The van der Waals surface area contributed by atoms with Gasteiger partial charge in [-0.05, 0) is 61.1 Å². The Morgan fingerprint density at radius 1 is 0.906 bits per heavy atom. The summed E-state index contributed by atoms with van der Waals surface area (Å²) in [5.74, 6) is 0.991. The number of aryl methyl sites for hydroxylation is 1. The molecule has 3 aromatic carbocycles. The minimum Gasteiger partial charge on any atom is -0.455 e. The summed E-state index contributed by atoms with van der Waals surface area (Å²) in [7, 11) is 0. The molecule has 2 aliphatic rings. The van der Waals surface area contributed by atoms with E-state index in [1.54, 1.807) is 0 Å². The Morgan fingerprint density at radius 2 is 1.78 bits per heavy atom. The molecule has 0 radical (unpaired) electrons. The molecule has 0 saturated carbocycles. The maximum Gasteiger partial charge on any atom is 0.143 e. The maximum atomic E-state index is 6.46. The molecule has 2 heterocycles. The highest BCUT2D eigenvalue weighted by molar-refractivity contribution is 7.99. The van der Waals surface area contributed by atoms with Gasteiger partial charge in [-0.15, -0.1) is 11.8 Å². The van der Waals surface area contributed by atoms with Gasteiger partial charge in [-0.25, -0.2) is 0 Å². The molecule has 0 amide bonds. The number of hydrogen-bond acceptors (Lipinski definition) is 2. The fourth-order valence-electron chi connectivity index (χ4n) is 5.23. The Bertz CT molecular complexity index is 1430. The van der Waals surface area contributed by atoms with Crippen molar-refractivity contribution >= 4 is 39.8 Å². The third-order valence-corrected chi connectivity index (χ3v) is 8.06. The van der Waals surface area contributed by atoms with E-state index in [4.69, 9.17) is 4.42 Å². The summed E-state index contributed by atoms with van der Waals surface area (Å²) >= 11 is 1.93. The summed E-state index contributed by atoms with van der Waals surface area (Å²) in [6.07, 6.45) is 13.8. The van der Waals surface area contributed by atoms with Crippen LogP contribution < -0.4 is 0 Å². The lowest BCUT2D eigenvalue weighted by Gasteiger charge is -2.36. The second kappa shape index (κ2) is 7.56. The minimum atomic E-state index is -0.233. The molecule has 0 bridgehead atoms. The quantitative estimate of drug-likeness (QED) is 0.320. The maximum absolute atomic E-state index is 6.46. The van der Waals surface area contributed by atoms with Crippen molar-refractivity contribution in [3.8, 4) is 0 Å². The van der Waals surface area contributed by atoms with E-state index in [2.05, 4.69) is 98.8 Å². The molecule has 158 valence electrons. The van der Waals surface area contributed by atoms with Crippen LogP contribution in [0.25, 0.3) is 28.0 Å². The number of benzene rings is 3. The number of fused-ring (bicyclic) bond motifs is 5. The molecule has 1 nitrogen and oxygen atoms in total. The molecule has 1 aliphatic carbocycles. The van der Waals surface area contributed by atoms with E-state index < -0.39 is 0 Å². The van der Waals surface area contributed by atoms with Crippen molar-refractivity contribution in [2.45, 2.75) is 37.0 Å². The average molecular weight is 435 g/mol. The van der Waals surface area contributed by atoms with Crippen LogP contribution in [-0.4, -0.2) is 5.75 Å². The van der Waals surface area contributed by atoms with Crippen molar-refractivity contribution in [2.24, 2.45) is 0 Å². The van der Waals surface area contributed by atoms with Gasteiger partial charge in [0.2, 0.25) is 0 Å². The van der Waals surface area contributed by atoms with Gasteiger partial charge in [0.25, 0.3) is 0 Å². The molecule has 1 unspecified atom stereocenters. The van der Waals surface area contributed by atoms with Crippen molar-refractivity contribution in [2.75, 3.05) is 5.75 Å². The zero-order chi connectivity index (χ0) is 21.7. The zero-order valence-corrected chi connectivity index (χ0v) is 19.3. The summed E-state index contributed by atoms with van der Waals surface area (Å²) < 4.78 is 6.46. The van der Waals surface area contributed by atoms with Crippen LogP contribution in [0, 0.1) is 6.92 Å². The van der Waals surface area contributed by atoms with Crippen LogP contribution in [0.2, 0.25) is 0 Å². The fraction of sp³-hybridized carbons (Fsp3) is 0.200. The van der Waals surface area contributed by atoms with Crippen molar-refractivity contribution in [3.05, 3.63) is 107 Å². The molecule has 1 aromatic heterocycles. The first-order valence-corrected chi connectivity index (χ1v) is 12.4. The Balaban J connectivity index is 1.73. The van der Waals surface area contributed by atoms with Crippen molar-refractivity contribution in [1.29, 1.82) is 0 Å². The van der Waals surface area contributed by atoms with Gasteiger partial charge in [-0.3, -0.25) is 0 Å². The number of thioether (sulfide) groups is 1. The van der Waals surface area contributed by atoms with E-state index >= 15 is 0 Å². The van der Waals surface area contributed by atoms with E-state index in [-0.39, 0.29) is 5.41 Å². The number of allylic oxidation sites excluding steroid dienone is 4. The van der Waals surface area contributed by atoms with Gasteiger partial charge in [-0.1, -0.05) is 72.8 Å². The van der Waals surface area contributed by atoms with Crippen LogP contribution in [0.15, 0.2) is 93.8 Å². The Labute approximate surface area is 193 Å². The molecular formula is C30H26OS. The zero-order valence-electron chi connectivity index (χ0n) is 18.5. The van der Waals surface area contributed by atoms with Gasteiger partial charge >= 0.3 is 0 Å². The second-order valence-corrected chi connectivity index (χ2v) is 10.0. The topological polar surface area (TPSA) is 13.1 Å². The van der Waals surface area contributed by atoms with Crippen LogP contribution >= 0.6 is 11.8 Å². The molecule has 0 N–H and O–H groups in total. The normalized spacial score (nSPS) is 17.4. The highest BCUT2D eigenvalue weighted by Gasteiger charge is 2.36. The lowest BCUT2D eigenvalue weighted by molar-refractivity contribution is 0.654. The second-order valence-electron chi connectivity index (χ2n) is 8.99. The van der Waals surface area contributed by atoms with E-state index in [1.807, 2.05) is 11.8 Å². The first-order chi connectivity index (χ1) is 15.7. The van der Waals surface area contributed by atoms with Crippen LogP contribution in [0.1, 0.15) is 42.0 Å². The summed E-state index contributed by atoms with van der Waals surface area (Å²) in [6.45, 7) is 4.52. The minimum absolute atomic E-state index is 0.233. The van der Waals surface area contributed by atoms with Gasteiger partial charge in [0.15, 0.2) is 0 Å². The van der Waals surface area contributed by atoms with Gasteiger partial charge in [0, 0.05) is 32.4 Å². The molecule has 0 saturated heterocycles. The summed E-state index contributed by atoms with van der Waals surface area (Å²) in [5, 5.41) is 2.41. The molecule has 1 aliphatic heterocycles. The third kappa shape index (κ3) is 2.93. The smallest absolute Gasteiger partial charge is 0.143 e. The number of rotatable bonds is 3. The van der Waals surface area contributed by atoms with E-state index in [9.17, 15) is 0 Å². The van der Waals surface area contributed by atoms with Gasteiger partial charge in [0.1, 0.15) is 11.2 Å². The molecule has 0 spiro atoms.